The van der Waals surface area contributed by atoms with Crippen LogP contribution >= 0.6 is 11.3 Å². The number of rotatable bonds is 3. The lowest BCUT2D eigenvalue weighted by Crippen LogP contribution is -2.41. The first kappa shape index (κ1) is 12.5. The second-order valence-corrected chi connectivity index (χ2v) is 5.83. The van der Waals surface area contributed by atoms with Crippen molar-refractivity contribution in [3.8, 4) is 6.07 Å². The third-order valence-corrected chi connectivity index (χ3v) is 4.34. The molecule has 0 N–H and O–H groups in total. The van der Waals surface area contributed by atoms with Gasteiger partial charge in [-0.3, -0.25) is 4.90 Å². The Hall–Kier alpha value is -0.920. The van der Waals surface area contributed by atoms with Gasteiger partial charge in [0.2, 0.25) is 0 Å². The van der Waals surface area contributed by atoms with Gasteiger partial charge >= 0.3 is 0 Å². The molecule has 0 aliphatic heterocycles. The van der Waals surface area contributed by atoms with Gasteiger partial charge in [0.05, 0.1) is 23.2 Å². The molecule has 0 spiro atoms. The molecule has 3 atom stereocenters. The molecule has 1 aromatic rings. The number of hydrogen-bond acceptors (Lipinski definition) is 4. The van der Waals surface area contributed by atoms with E-state index in [1.165, 1.54) is 6.42 Å². The van der Waals surface area contributed by atoms with E-state index in [1.54, 1.807) is 11.3 Å². The summed E-state index contributed by atoms with van der Waals surface area (Å²) in [4.78, 5) is 6.62. The highest BCUT2D eigenvalue weighted by molar-refractivity contribution is 7.07. The van der Waals surface area contributed by atoms with Crippen molar-refractivity contribution in [3.63, 3.8) is 0 Å². The summed E-state index contributed by atoms with van der Waals surface area (Å²) in [6.45, 7) is 3.15. The molecular weight excluding hydrogens is 230 g/mol. The number of hydrogen-bond donors (Lipinski definition) is 0. The van der Waals surface area contributed by atoms with Crippen molar-refractivity contribution in [2.24, 2.45) is 11.8 Å². The van der Waals surface area contributed by atoms with Gasteiger partial charge in [-0.15, -0.1) is 11.3 Å². The fraction of sp³-hybridized carbons (Fsp3) is 0.692. The zero-order valence-electron chi connectivity index (χ0n) is 10.5. The molecule has 0 aromatic carbocycles. The quantitative estimate of drug-likeness (QED) is 0.827. The van der Waals surface area contributed by atoms with E-state index in [0.717, 1.165) is 31.0 Å². The summed E-state index contributed by atoms with van der Waals surface area (Å²) in [5, 5.41) is 11.3. The van der Waals surface area contributed by atoms with Gasteiger partial charge in [-0.05, 0) is 32.2 Å². The fourth-order valence-electron chi connectivity index (χ4n) is 2.68. The van der Waals surface area contributed by atoms with Crippen LogP contribution in [0.4, 0.5) is 0 Å². The second kappa shape index (κ2) is 5.61. The van der Waals surface area contributed by atoms with Gasteiger partial charge in [-0.2, -0.15) is 5.26 Å². The first-order valence-electron chi connectivity index (χ1n) is 6.17. The van der Waals surface area contributed by atoms with Crippen molar-refractivity contribution in [2.75, 3.05) is 7.05 Å². The lowest BCUT2D eigenvalue weighted by molar-refractivity contribution is 0.124. The first-order valence-corrected chi connectivity index (χ1v) is 7.12. The Balaban J connectivity index is 2.01. The second-order valence-electron chi connectivity index (χ2n) is 5.12. The zero-order valence-corrected chi connectivity index (χ0v) is 11.3. The van der Waals surface area contributed by atoms with Crippen molar-refractivity contribution < 1.29 is 0 Å². The summed E-state index contributed by atoms with van der Waals surface area (Å²) < 4.78 is 0. The molecule has 4 heteroatoms. The van der Waals surface area contributed by atoms with Gasteiger partial charge in [0.1, 0.15) is 0 Å². The van der Waals surface area contributed by atoms with Crippen molar-refractivity contribution in [2.45, 2.75) is 38.8 Å². The predicted molar refractivity (Wildman–Crippen MR) is 69.5 cm³/mol. The molecule has 3 unspecified atom stereocenters. The van der Waals surface area contributed by atoms with E-state index in [1.807, 2.05) is 5.51 Å². The van der Waals surface area contributed by atoms with Crippen LogP contribution in [-0.2, 0) is 6.54 Å². The van der Waals surface area contributed by atoms with Crippen molar-refractivity contribution >= 4 is 11.3 Å². The monoisotopic (exact) mass is 249 g/mol. The van der Waals surface area contributed by atoms with E-state index < -0.39 is 0 Å². The molecule has 3 nitrogen and oxygen atoms in total. The minimum atomic E-state index is 0.190. The Morgan fingerprint density at radius 3 is 3.06 bits per heavy atom. The van der Waals surface area contributed by atoms with Crippen LogP contribution in [0, 0.1) is 23.2 Å². The van der Waals surface area contributed by atoms with Crippen molar-refractivity contribution in [1.82, 2.24) is 9.88 Å². The summed E-state index contributed by atoms with van der Waals surface area (Å²) >= 11 is 1.63. The maximum absolute atomic E-state index is 9.23. The van der Waals surface area contributed by atoms with Crippen LogP contribution in [0.5, 0.6) is 0 Å². The maximum atomic E-state index is 9.23. The Bertz CT molecular complexity index is 382. The molecular formula is C13H19N3S. The van der Waals surface area contributed by atoms with Crippen molar-refractivity contribution in [1.29, 1.82) is 5.26 Å². The van der Waals surface area contributed by atoms with Crippen LogP contribution in [0.15, 0.2) is 10.9 Å². The topological polar surface area (TPSA) is 39.9 Å². The Morgan fingerprint density at radius 2 is 2.41 bits per heavy atom. The lowest BCUT2D eigenvalue weighted by Gasteiger charge is -2.37. The first-order chi connectivity index (χ1) is 8.20. The molecule has 17 heavy (non-hydrogen) atoms. The standard InChI is InChI=1S/C13H19N3S/c1-10-3-4-11(6-14)13(5-10)16(2)7-12-8-17-9-15-12/h8-11,13H,3-5,7H2,1-2H3. The highest BCUT2D eigenvalue weighted by Gasteiger charge is 2.31. The molecule has 1 fully saturated rings. The van der Waals surface area contributed by atoms with Crippen molar-refractivity contribution in [3.05, 3.63) is 16.6 Å². The molecule has 1 heterocycles. The number of thiazole rings is 1. The van der Waals surface area contributed by atoms with E-state index >= 15 is 0 Å². The summed E-state index contributed by atoms with van der Waals surface area (Å²) in [5.74, 6) is 0.928. The molecule has 0 bridgehead atoms. The average Bonchev–Trinajstić information content (AvgIpc) is 2.81. The lowest BCUT2D eigenvalue weighted by atomic mass is 9.79. The van der Waals surface area contributed by atoms with Crippen LogP contribution in [0.2, 0.25) is 0 Å². The van der Waals surface area contributed by atoms with Gasteiger partial charge in [-0.1, -0.05) is 6.92 Å². The third-order valence-electron chi connectivity index (χ3n) is 3.71. The summed E-state index contributed by atoms with van der Waals surface area (Å²) in [7, 11) is 2.12. The molecule has 1 saturated carbocycles. The normalized spacial score (nSPS) is 29.2. The number of nitriles is 1. The van der Waals surface area contributed by atoms with Gasteiger partial charge in [0, 0.05) is 18.0 Å². The van der Waals surface area contributed by atoms with Crippen LogP contribution in [-0.4, -0.2) is 23.0 Å². The molecule has 0 radical (unpaired) electrons. The zero-order chi connectivity index (χ0) is 12.3. The van der Waals surface area contributed by atoms with E-state index in [0.29, 0.717) is 6.04 Å². The third kappa shape index (κ3) is 3.05. The minimum Gasteiger partial charge on any atom is -0.296 e. The SMILES string of the molecule is CC1CCC(C#N)C(N(C)Cc2cscn2)C1. The van der Waals surface area contributed by atoms with E-state index in [-0.39, 0.29) is 5.92 Å². The average molecular weight is 249 g/mol. The smallest absolute Gasteiger partial charge is 0.0795 e. The van der Waals surface area contributed by atoms with Crippen LogP contribution in [0.25, 0.3) is 0 Å². The molecule has 92 valence electrons. The van der Waals surface area contributed by atoms with Gasteiger partial charge in [0.15, 0.2) is 0 Å². The number of nitrogens with zero attached hydrogens (tertiary/aromatic N) is 3. The largest absolute Gasteiger partial charge is 0.296 e. The Morgan fingerprint density at radius 1 is 1.59 bits per heavy atom. The highest BCUT2D eigenvalue weighted by atomic mass is 32.1. The highest BCUT2D eigenvalue weighted by Crippen LogP contribution is 2.31. The van der Waals surface area contributed by atoms with Crippen LogP contribution in [0.1, 0.15) is 31.9 Å². The summed E-state index contributed by atoms with van der Waals surface area (Å²) in [5.41, 5.74) is 2.99. The molecule has 1 aromatic heterocycles. The molecule has 1 aliphatic carbocycles. The number of aromatic nitrogens is 1. The molecule has 1 aliphatic rings. The maximum Gasteiger partial charge on any atom is 0.0795 e. The van der Waals surface area contributed by atoms with Gasteiger partial charge in [-0.25, -0.2) is 4.98 Å². The Kier molecular flexibility index (Phi) is 4.14. The minimum absolute atomic E-state index is 0.190. The van der Waals surface area contributed by atoms with Gasteiger partial charge < -0.3 is 0 Å². The van der Waals surface area contributed by atoms with E-state index in [2.05, 4.69) is 35.3 Å². The van der Waals surface area contributed by atoms with E-state index in [4.69, 9.17) is 0 Å². The predicted octanol–water partition coefficient (Wildman–Crippen LogP) is 2.90. The summed E-state index contributed by atoms with van der Waals surface area (Å²) in [6, 6.07) is 2.87. The van der Waals surface area contributed by atoms with Gasteiger partial charge in [0.25, 0.3) is 0 Å². The molecule has 2 rings (SSSR count). The fourth-order valence-corrected chi connectivity index (χ4v) is 3.23. The molecule has 0 amide bonds. The van der Waals surface area contributed by atoms with E-state index in [9.17, 15) is 5.26 Å². The molecule has 0 saturated heterocycles. The van der Waals surface area contributed by atoms with Crippen LogP contribution < -0.4 is 0 Å². The summed E-state index contributed by atoms with van der Waals surface area (Å²) in [6.07, 6.45) is 3.38. The van der Waals surface area contributed by atoms with Crippen LogP contribution in [0.3, 0.4) is 0 Å². The Labute approximate surface area is 107 Å².